The molecule has 4 rings (SSSR count). The van der Waals surface area contributed by atoms with Crippen LogP contribution in [0.4, 0.5) is 0 Å². The van der Waals surface area contributed by atoms with Gasteiger partial charge in [0.25, 0.3) is 0 Å². The van der Waals surface area contributed by atoms with Crippen molar-refractivity contribution in [2.75, 3.05) is 66.6 Å². The lowest BCUT2D eigenvalue weighted by atomic mass is 9.72. The number of carbonyl (C=O) groups excluding carboxylic acids is 1. The van der Waals surface area contributed by atoms with Gasteiger partial charge in [-0.05, 0) is 45.2 Å². The molecule has 0 aliphatic carbocycles. The van der Waals surface area contributed by atoms with E-state index in [2.05, 4.69) is 23.9 Å². The Kier molecular flexibility index (Phi) is 10.3. The third-order valence-corrected chi connectivity index (χ3v) is 6.24. The van der Waals surface area contributed by atoms with Crippen LogP contribution in [-0.4, -0.2) is 87.2 Å². The Bertz CT molecular complexity index is 404. The van der Waals surface area contributed by atoms with Crippen LogP contribution >= 0.6 is 0 Å². The van der Waals surface area contributed by atoms with E-state index in [9.17, 15) is 4.79 Å². The molecule has 4 fully saturated rings. The normalized spacial score (nSPS) is 25.5. The summed E-state index contributed by atoms with van der Waals surface area (Å²) in [7, 11) is 4.36. The van der Waals surface area contributed by atoms with Crippen LogP contribution in [0.25, 0.3) is 0 Å². The van der Waals surface area contributed by atoms with Gasteiger partial charge in [0.2, 0.25) is 5.91 Å². The van der Waals surface area contributed by atoms with Gasteiger partial charge in [-0.25, -0.2) is 0 Å². The maximum atomic E-state index is 11.1. The molecule has 0 aromatic rings. The highest BCUT2D eigenvalue weighted by Gasteiger charge is 2.43. The molecule has 160 valence electrons. The molecule has 1 amide bonds. The van der Waals surface area contributed by atoms with E-state index in [0.717, 1.165) is 26.3 Å². The summed E-state index contributed by atoms with van der Waals surface area (Å²) in [5, 5.41) is 0. The van der Waals surface area contributed by atoms with Crippen LogP contribution in [0.3, 0.4) is 0 Å². The quantitative estimate of drug-likeness (QED) is 0.643. The number of carbonyl (C=O) groups is 1. The second kappa shape index (κ2) is 11.4. The lowest BCUT2D eigenvalue weighted by Crippen LogP contribution is -2.59. The lowest BCUT2D eigenvalue weighted by Gasteiger charge is -2.52. The second-order valence-electron chi connectivity index (χ2n) is 8.46. The second-order valence-corrected chi connectivity index (χ2v) is 8.46. The number of hydrogen-bond acceptors (Lipinski definition) is 4. The van der Waals surface area contributed by atoms with Gasteiger partial charge < -0.3 is 19.4 Å². The van der Waals surface area contributed by atoms with Crippen molar-refractivity contribution < 1.29 is 9.53 Å². The van der Waals surface area contributed by atoms with Crippen molar-refractivity contribution in [3.05, 3.63) is 0 Å². The fourth-order valence-corrected chi connectivity index (χ4v) is 4.93. The van der Waals surface area contributed by atoms with Crippen molar-refractivity contribution in [1.82, 2.24) is 14.7 Å². The Morgan fingerprint density at radius 3 is 1.44 bits per heavy atom. The summed E-state index contributed by atoms with van der Waals surface area (Å²) in [4.78, 5) is 17.8. The van der Waals surface area contributed by atoms with Crippen LogP contribution in [0.15, 0.2) is 0 Å². The molecule has 2 spiro atoms. The molecule has 0 bridgehead atoms. The molecular weight excluding hydrogens is 338 g/mol. The van der Waals surface area contributed by atoms with Crippen molar-refractivity contribution in [2.24, 2.45) is 10.8 Å². The Morgan fingerprint density at radius 1 is 0.741 bits per heavy atom. The van der Waals surface area contributed by atoms with Gasteiger partial charge in [-0.15, -0.1) is 0 Å². The summed E-state index contributed by atoms with van der Waals surface area (Å²) in [5.41, 5.74) is 1.24. The van der Waals surface area contributed by atoms with Crippen LogP contribution in [0.1, 0.15) is 60.3 Å². The largest absolute Gasteiger partial charge is 0.381 e. The molecule has 4 saturated heterocycles. The first-order valence-electron chi connectivity index (χ1n) is 11.1. The van der Waals surface area contributed by atoms with Crippen molar-refractivity contribution in [3.8, 4) is 0 Å². The number of piperidine rings is 1. The van der Waals surface area contributed by atoms with E-state index in [1.807, 2.05) is 32.6 Å². The molecule has 0 radical (unpaired) electrons. The van der Waals surface area contributed by atoms with E-state index in [-0.39, 0.29) is 5.91 Å². The van der Waals surface area contributed by atoms with Crippen molar-refractivity contribution in [2.45, 2.75) is 60.3 Å². The maximum absolute atomic E-state index is 11.1. The van der Waals surface area contributed by atoms with Gasteiger partial charge in [0, 0.05) is 64.8 Å². The number of rotatable bonds is 0. The van der Waals surface area contributed by atoms with Crippen LogP contribution in [0.5, 0.6) is 0 Å². The van der Waals surface area contributed by atoms with E-state index in [0.29, 0.717) is 10.8 Å². The minimum absolute atomic E-state index is 0.238. The molecule has 0 saturated carbocycles. The van der Waals surface area contributed by atoms with E-state index in [4.69, 9.17) is 4.74 Å². The Morgan fingerprint density at radius 2 is 1.11 bits per heavy atom. The van der Waals surface area contributed by atoms with Gasteiger partial charge in [0.1, 0.15) is 0 Å². The van der Waals surface area contributed by atoms with Crippen LogP contribution in [0.2, 0.25) is 0 Å². The summed E-state index contributed by atoms with van der Waals surface area (Å²) in [5.74, 6) is 0.238. The fourth-order valence-electron chi connectivity index (χ4n) is 4.93. The van der Waals surface area contributed by atoms with Crippen LogP contribution in [-0.2, 0) is 9.53 Å². The molecule has 4 heterocycles. The zero-order chi connectivity index (χ0) is 20.5. The van der Waals surface area contributed by atoms with Crippen molar-refractivity contribution in [3.63, 3.8) is 0 Å². The van der Waals surface area contributed by atoms with Gasteiger partial charge in [0.05, 0.1) is 0 Å². The molecule has 27 heavy (non-hydrogen) atoms. The SMILES string of the molecule is CC.CC.CC(=O)N1CCC2(CC1)CN(C)C2.CN1CC2(CCOCC2)C1. The summed E-state index contributed by atoms with van der Waals surface area (Å²) in [6.45, 7) is 18.7. The summed E-state index contributed by atoms with van der Waals surface area (Å²) in [6.07, 6.45) is 4.99. The molecule has 5 heteroatoms. The topological polar surface area (TPSA) is 36.0 Å². The molecule has 0 unspecified atom stereocenters. The van der Waals surface area contributed by atoms with E-state index in [1.165, 1.54) is 51.9 Å². The minimum Gasteiger partial charge on any atom is -0.381 e. The number of hydrogen-bond donors (Lipinski definition) is 0. The molecule has 4 aliphatic heterocycles. The van der Waals surface area contributed by atoms with E-state index < -0.39 is 0 Å². The molecule has 0 atom stereocenters. The first kappa shape index (κ1) is 24.4. The Hall–Kier alpha value is -0.650. The Labute approximate surface area is 168 Å². The predicted octanol–water partition coefficient (Wildman–Crippen LogP) is 3.34. The van der Waals surface area contributed by atoms with Gasteiger partial charge >= 0.3 is 0 Å². The van der Waals surface area contributed by atoms with Crippen LogP contribution in [0, 0.1) is 10.8 Å². The molecule has 5 nitrogen and oxygen atoms in total. The molecule has 0 aromatic carbocycles. The van der Waals surface area contributed by atoms with E-state index >= 15 is 0 Å². The number of ether oxygens (including phenoxy) is 1. The third kappa shape index (κ3) is 6.72. The summed E-state index contributed by atoms with van der Waals surface area (Å²) >= 11 is 0. The highest BCUT2D eigenvalue weighted by Crippen LogP contribution is 2.39. The maximum Gasteiger partial charge on any atom is 0.219 e. The lowest BCUT2D eigenvalue weighted by molar-refractivity contribution is -0.133. The average Bonchev–Trinajstić information content (AvgIpc) is 2.65. The zero-order valence-corrected chi connectivity index (χ0v) is 19.1. The molecule has 0 aromatic heterocycles. The van der Waals surface area contributed by atoms with Gasteiger partial charge in [0.15, 0.2) is 0 Å². The zero-order valence-electron chi connectivity index (χ0n) is 19.1. The van der Waals surface area contributed by atoms with Crippen molar-refractivity contribution in [1.29, 1.82) is 0 Å². The fraction of sp³-hybridized carbons (Fsp3) is 0.955. The van der Waals surface area contributed by atoms with Gasteiger partial charge in [-0.1, -0.05) is 27.7 Å². The highest BCUT2D eigenvalue weighted by atomic mass is 16.5. The van der Waals surface area contributed by atoms with E-state index in [1.54, 1.807) is 6.92 Å². The number of likely N-dealkylation sites (tertiary alicyclic amines) is 3. The number of nitrogens with zero attached hydrogens (tertiary/aromatic N) is 3. The monoisotopic (exact) mass is 383 g/mol. The van der Waals surface area contributed by atoms with Gasteiger partial charge in [-0.2, -0.15) is 0 Å². The summed E-state index contributed by atoms with van der Waals surface area (Å²) in [6, 6.07) is 0. The first-order chi connectivity index (χ1) is 12.9. The Balaban J connectivity index is 0.000000233. The third-order valence-electron chi connectivity index (χ3n) is 6.24. The highest BCUT2D eigenvalue weighted by molar-refractivity contribution is 5.73. The first-order valence-corrected chi connectivity index (χ1v) is 11.1. The summed E-state index contributed by atoms with van der Waals surface area (Å²) < 4.78 is 5.32. The standard InChI is InChI=1S/C10H18N2O.C8H15NO.2C2H6/c1-9(13)12-5-3-10(4-6-12)7-11(2)8-10;1-9-6-8(7-9)2-4-10-5-3-8;2*1-2/h3-8H2,1-2H3;2-7H2,1H3;2*1-2H3. The van der Waals surface area contributed by atoms with Crippen LogP contribution < -0.4 is 0 Å². The minimum atomic E-state index is 0.238. The molecule has 4 aliphatic rings. The molecular formula is C22H45N3O2. The van der Waals surface area contributed by atoms with Gasteiger partial charge in [-0.3, -0.25) is 4.79 Å². The predicted molar refractivity (Wildman–Crippen MR) is 114 cm³/mol. The number of amides is 1. The smallest absolute Gasteiger partial charge is 0.219 e. The molecule has 0 N–H and O–H groups in total. The average molecular weight is 384 g/mol. The van der Waals surface area contributed by atoms with Crippen molar-refractivity contribution >= 4 is 5.91 Å².